The molecule has 0 atom stereocenters. The first-order valence-corrected chi connectivity index (χ1v) is 8.95. The number of sulfonamides is 1. The third-order valence-corrected chi connectivity index (χ3v) is 5.55. The molecular weight excluding hydrogens is 324 g/mol. The summed E-state index contributed by atoms with van der Waals surface area (Å²) in [6, 6.07) is 17.4. The molecule has 0 fully saturated rings. The van der Waals surface area contributed by atoms with E-state index in [4.69, 9.17) is 0 Å². The molecule has 1 amide bonds. The van der Waals surface area contributed by atoms with E-state index in [0.717, 1.165) is 22.0 Å². The maximum absolute atomic E-state index is 12.4. The highest BCUT2D eigenvalue weighted by Gasteiger charge is 2.22. The number of carbonyl (C=O) groups excluding carboxylic acids is 1. The number of hydrogen-bond donors (Lipinski definition) is 2. The highest BCUT2D eigenvalue weighted by atomic mass is 32.2. The Balaban J connectivity index is 1.70. The van der Waals surface area contributed by atoms with E-state index in [-0.39, 0.29) is 17.3 Å². The van der Waals surface area contributed by atoms with Crippen LogP contribution < -0.4 is 10.0 Å². The van der Waals surface area contributed by atoms with Crippen molar-refractivity contribution in [2.24, 2.45) is 0 Å². The maximum Gasteiger partial charge on any atom is 0.256 e. The lowest BCUT2D eigenvalue weighted by molar-refractivity contribution is 0.103. The molecule has 0 aliphatic carbocycles. The first kappa shape index (κ1) is 14.9. The molecule has 0 bridgehead atoms. The van der Waals surface area contributed by atoms with Crippen LogP contribution >= 0.6 is 0 Å². The zero-order chi connectivity index (χ0) is 16.7. The minimum absolute atomic E-state index is 0.127. The van der Waals surface area contributed by atoms with E-state index in [1.807, 2.05) is 24.3 Å². The van der Waals surface area contributed by atoms with Gasteiger partial charge in [-0.05, 0) is 35.2 Å². The van der Waals surface area contributed by atoms with Gasteiger partial charge in [0.25, 0.3) is 5.91 Å². The van der Waals surface area contributed by atoms with Gasteiger partial charge in [0.1, 0.15) is 0 Å². The standard InChI is InChI=1S/C18H14N2O3S/c21-18-15-8-4-7-14-12(9-10-16(20-18)17(14)15)11-19-24(22,23)13-5-2-1-3-6-13/h1-10,19H,11H2,(H,20,21). The third kappa shape index (κ3) is 2.36. The van der Waals surface area contributed by atoms with Crippen LogP contribution in [0.3, 0.4) is 0 Å². The van der Waals surface area contributed by atoms with Crippen molar-refractivity contribution >= 4 is 32.4 Å². The van der Waals surface area contributed by atoms with Gasteiger partial charge in [0, 0.05) is 23.2 Å². The second kappa shape index (κ2) is 5.43. The largest absolute Gasteiger partial charge is 0.321 e. The minimum Gasteiger partial charge on any atom is -0.321 e. The summed E-state index contributed by atoms with van der Waals surface area (Å²) in [7, 11) is -3.58. The lowest BCUT2D eigenvalue weighted by atomic mass is 10.0. The van der Waals surface area contributed by atoms with E-state index >= 15 is 0 Å². The van der Waals surface area contributed by atoms with Crippen LogP contribution in [0.5, 0.6) is 0 Å². The summed E-state index contributed by atoms with van der Waals surface area (Å²) >= 11 is 0. The fourth-order valence-electron chi connectivity index (χ4n) is 2.96. The van der Waals surface area contributed by atoms with Gasteiger partial charge in [-0.15, -0.1) is 0 Å². The Morgan fingerprint density at radius 3 is 2.50 bits per heavy atom. The molecule has 24 heavy (non-hydrogen) atoms. The lowest BCUT2D eigenvalue weighted by Gasteiger charge is -2.10. The number of amides is 1. The lowest BCUT2D eigenvalue weighted by Crippen LogP contribution is -2.23. The van der Waals surface area contributed by atoms with Gasteiger partial charge in [0.15, 0.2) is 0 Å². The summed E-state index contributed by atoms with van der Waals surface area (Å²) < 4.78 is 27.3. The van der Waals surface area contributed by atoms with Crippen molar-refractivity contribution in [3.8, 4) is 0 Å². The van der Waals surface area contributed by atoms with Gasteiger partial charge in [0.2, 0.25) is 10.0 Å². The molecule has 4 rings (SSSR count). The number of carbonyl (C=O) groups is 1. The average Bonchev–Trinajstić information content (AvgIpc) is 2.93. The molecule has 0 aromatic heterocycles. The Kier molecular flexibility index (Phi) is 3.37. The smallest absolute Gasteiger partial charge is 0.256 e. The van der Waals surface area contributed by atoms with Crippen LogP contribution in [0.1, 0.15) is 15.9 Å². The molecule has 0 radical (unpaired) electrons. The number of nitrogens with one attached hydrogen (secondary N) is 2. The Morgan fingerprint density at radius 1 is 0.917 bits per heavy atom. The van der Waals surface area contributed by atoms with E-state index in [9.17, 15) is 13.2 Å². The third-order valence-electron chi connectivity index (χ3n) is 4.13. The summed E-state index contributed by atoms with van der Waals surface area (Å²) in [6.45, 7) is 0.158. The quantitative estimate of drug-likeness (QED) is 0.768. The van der Waals surface area contributed by atoms with Gasteiger partial charge in [0.05, 0.1) is 4.90 Å². The van der Waals surface area contributed by atoms with Crippen molar-refractivity contribution in [1.82, 2.24) is 4.72 Å². The fraction of sp³-hybridized carbons (Fsp3) is 0.0556. The highest BCUT2D eigenvalue weighted by molar-refractivity contribution is 7.89. The molecule has 0 spiro atoms. The van der Waals surface area contributed by atoms with Crippen LogP contribution in [0, 0.1) is 0 Å². The average molecular weight is 338 g/mol. The normalized spacial score (nSPS) is 13.2. The van der Waals surface area contributed by atoms with Crippen LogP contribution in [-0.2, 0) is 16.6 Å². The molecular formula is C18H14N2O3S. The first-order chi connectivity index (χ1) is 11.6. The second-order valence-corrected chi connectivity index (χ2v) is 7.36. The summed E-state index contributed by atoms with van der Waals surface area (Å²) in [5, 5.41) is 4.54. The molecule has 1 aliphatic rings. The minimum atomic E-state index is -3.58. The van der Waals surface area contributed by atoms with Crippen LogP contribution in [0.25, 0.3) is 10.8 Å². The van der Waals surface area contributed by atoms with E-state index < -0.39 is 10.0 Å². The summed E-state index contributed by atoms with van der Waals surface area (Å²) in [5.41, 5.74) is 2.21. The molecule has 1 aliphatic heterocycles. The van der Waals surface area contributed by atoms with Crippen molar-refractivity contribution < 1.29 is 13.2 Å². The Hall–Kier alpha value is -2.70. The molecule has 0 saturated carbocycles. The van der Waals surface area contributed by atoms with Crippen LogP contribution in [-0.4, -0.2) is 14.3 Å². The van der Waals surface area contributed by atoms with E-state index in [1.165, 1.54) is 0 Å². The summed E-state index contributed by atoms with van der Waals surface area (Å²) in [5.74, 6) is -0.127. The topological polar surface area (TPSA) is 75.3 Å². The highest BCUT2D eigenvalue weighted by Crippen LogP contribution is 2.34. The maximum atomic E-state index is 12.4. The first-order valence-electron chi connectivity index (χ1n) is 7.47. The number of anilines is 1. The van der Waals surface area contributed by atoms with Crippen molar-refractivity contribution in [2.75, 3.05) is 5.32 Å². The zero-order valence-corrected chi connectivity index (χ0v) is 13.4. The van der Waals surface area contributed by atoms with Gasteiger partial charge >= 0.3 is 0 Å². The van der Waals surface area contributed by atoms with E-state index in [1.54, 1.807) is 36.4 Å². The van der Waals surface area contributed by atoms with Crippen molar-refractivity contribution in [1.29, 1.82) is 0 Å². The molecule has 2 N–H and O–H groups in total. The van der Waals surface area contributed by atoms with Gasteiger partial charge in [-0.2, -0.15) is 0 Å². The van der Waals surface area contributed by atoms with Gasteiger partial charge in [-0.25, -0.2) is 13.1 Å². The van der Waals surface area contributed by atoms with Gasteiger partial charge in [-0.1, -0.05) is 36.4 Å². The molecule has 0 saturated heterocycles. The summed E-state index contributed by atoms with van der Waals surface area (Å²) in [6.07, 6.45) is 0. The molecule has 3 aromatic carbocycles. The fourth-order valence-corrected chi connectivity index (χ4v) is 3.99. The van der Waals surface area contributed by atoms with Crippen molar-refractivity contribution in [3.05, 3.63) is 71.8 Å². The number of hydrogen-bond acceptors (Lipinski definition) is 3. The SMILES string of the molecule is O=C1Nc2ccc(CNS(=O)(=O)c3ccccc3)c3cccc1c23. The zero-order valence-electron chi connectivity index (χ0n) is 12.6. The molecule has 3 aromatic rings. The van der Waals surface area contributed by atoms with E-state index in [2.05, 4.69) is 10.0 Å². The van der Waals surface area contributed by atoms with Crippen molar-refractivity contribution in [2.45, 2.75) is 11.4 Å². The predicted molar refractivity (Wildman–Crippen MR) is 92.4 cm³/mol. The molecule has 1 heterocycles. The van der Waals surface area contributed by atoms with Crippen LogP contribution in [0.15, 0.2) is 65.6 Å². The Labute approximate surface area is 139 Å². The summed E-state index contributed by atoms with van der Waals surface area (Å²) in [4.78, 5) is 12.2. The Bertz CT molecular complexity index is 1060. The number of rotatable bonds is 4. The van der Waals surface area contributed by atoms with Crippen LogP contribution in [0.2, 0.25) is 0 Å². The van der Waals surface area contributed by atoms with Crippen molar-refractivity contribution in [3.63, 3.8) is 0 Å². The van der Waals surface area contributed by atoms with Gasteiger partial charge < -0.3 is 5.32 Å². The van der Waals surface area contributed by atoms with Gasteiger partial charge in [-0.3, -0.25) is 4.79 Å². The molecule has 0 unspecified atom stereocenters. The molecule has 5 nitrogen and oxygen atoms in total. The molecule has 120 valence electrons. The van der Waals surface area contributed by atoms with E-state index in [0.29, 0.717) is 5.56 Å². The molecule has 6 heteroatoms. The Morgan fingerprint density at radius 2 is 1.71 bits per heavy atom. The predicted octanol–water partition coefficient (Wildman–Crippen LogP) is 2.88. The number of benzene rings is 3. The van der Waals surface area contributed by atoms with Crippen LogP contribution in [0.4, 0.5) is 5.69 Å². The monoisotopic (exact) mass is 338 g/mol. The second-order valence-electron chi connectivity index (χ2n) is 5.59.